The van der Waals surface area contributed by atoms with Gasteiger partial charge in [0.2, 0.25) is 0 Å². The van der Waals surface area contributed by atoms with Crippen molar-refractivity contribution >= 4 is 51.1 Å². The first-order valence-corrected chi connectivity index (χ1v) is 10.7. The van der Waals surface area contributed by atoms with Gasteiger partial charge in [-0.15, -0.1) is 35.3 Å². The number of benzene rings is 1. The molecule has 2 rings (SSSR count). The number of hydrogen-bond donors (Lipinski definition) is 2. The minimum absolute atomic E-state index is 0. The summed E-state index contributed by atoms with van der Waals surface area (Å²) in [5, 5.41) is 6.38. The van der Waals surface area contributed by atoms with Crippen molar-refractivity contribution in [2.75, 3.05) is 19.3 Å². The summed E-state index contributed by atoms with van der Waals surface area (Å²) in [5.41, 5.74) is 0. The molecule has 0 amide bonds. The van der Waals surface area contributed by atoms with E-state index in [-0.39, 0.29) is 35.8 Å². The van der Waals surface area contributed by atoms with Gasteiger partial charge in [-0.2, -0.15) is 0 Å². The monoisotopic (exact) mass is 507 g/mol. The highest BCUT2D eigenvalue weighted by atomic mass is 127. The lowest BCUT2D eigenvalue weighted by molar-refractivity contribution is 0.594. The molecule has 1 atom stereocenters. The second-order valence-electron chi connectivity index (χ2n) is 5.89. The van der Waals surface area contributed by atoms with Crippen LogP contribution >= 0.6 is 35.3 Å². The van der Waals surface area contributed by atoms with Gasteiger partial charge in [-0.3, -0.25) is 4.99 Å². The summed E-state index contributed by atoms with van der Waals surface area (Å²) in [7, 11) is -1.60. The molecule has 0 spiro atoms. The summed E-state index contributed by atoms with van der Waals surface area (Å²) in [5.74, 6) is 0.639. The van der Waals surface area contributed by atoms with Crippen molar-refractivity contribution in [2.24, 2.45) is 4.99 Å². The second-order valence-corrected chi connectivity index (χ2v) is 9.37. The van der Waals surface area contributed by atoms with Crippen molar-refractivity contribution in [3.63, 3.8) is 0 Å². The van der Waals surface area contributed by atoms with Gasteiger partial charge in [0.15, 0.2) is 15.8 Å². The van der Waals surface area contributed by atoms with Crippen LogP contribution in [0.3, 0.4) is 0 Å². The lowest BCUT2D eigenvalue weighted by Gasteiger charge is -2.17. The summed E-state index contributed by atoms with van der Waals surface area (Å²) < 4.78 is 24.5. The fourth-order valence-corrected chi connectivity index (χ4v) is 4.62. The van der Waals surface area contributed by atoms with Crippen molar-refractivity contribution in [1.29, 1.82) is 0 Å². The zero-order chi connectivity index (χ0) is 18.3. The summed E-state index contributed by atoms with van der Waals surface area (Å²) >= 11 is 1.79. The summed E-state index contributed by atoms with van der Waals surface area (Å²) in [4.78, 5) is 7.14. The minimum Gasteiger partial charge on any atom is -0.355 e. The molecule has 0 saturated carbocycles. The fraction of sp³-hybridized carbons (Fsp3) is 0.389. The SMILES string of the molecule is CN=C(NCCS(=O)(=O)c1ccccc1)NC(C)Cc1ccc(C)s1.I. The molecule has 144 valence electrons. The van der Waals surface area contributed by atoms with E-state index in [9.17, 15) is 8.42 Å². The smallest absolute Gasteiger partial charge is 0.191 e. The van der Waals surface area contributed by atoms with Crippen molar-refractivity contribution in [2.45, 2.75) is 31.2 Å². The Morgan fingerprint density at radius 1 is 1.19 bits per heavy atom. The number of guanidine groups is 1. The Hall–Kier alpha value is -1.13. The van der Waals surface area contributed by atoms with Crippen LogP contribution in [0.15, 0.2) is 52.4 Å². The van der Waals surface area contributed by atoms with Gasteiger partial charge in [0.25, 0.3) is 0 Å². The van der Waals surface area contributed by atoms with Gasteiger partial charge >= 0.3 is 0 Å². The number of nitrogens with one attached hydrogen (secondary N) is 2. The second kappa shape index (κ2) is 10.9. The fourth-order valence-electron chi connectivity index (χ4n) is 2.43. The molecule has 0 aliphatic rings. The van der Waals surface area contributed by atoms with Crippen molar-refractivity contribution in [3.05, 3.63) is 52.2 Å². The molecule has 0 bridgehead atoms. The van der Waals surface area contributed by atoms with Crippen molar-refractivity contribution < 1.29 is 8.42 Å². The molecule has 5 nitrogen and oxygen atoms in total. The van der Waals surface area contributed by atoms with Gasteiger partial charge in [0, 0.05) is 35.8 Å². The highest BCUT2D eigenvalue weighted by Gasteiger charge is 2.14. The molecule has 0 radical (unpaired) electrons. The summed E-state index contributed by atoms with van der Waals surface area (Å²) in [6.45, 7) is 4.49. The van der Waals surface area contributed by atoms with Gasteiger partial charge in [-0.05, 0) is 38.1 Å². The first-order valence-electron chi connectivity index (χ1n) is 8.21. The molecule has 2 aromatic rings. The molecule has 26 heavy (non-hydrogen) atoms. The number of aliphatic imine (C=N–C) groups is 1. The first kappa shape index (κ1) is 22.9. The quantitative estimate of drug-likeness (QED) is 0.343. The predicted molar refractivity (Wildman–Crippen MR) is 121 cm³/mol. The zero-order valence-electron chi connectivity index (χ0n) is 15.2. The van der Waals surface area contributed by atoms with E-state index in [1.165, 1.54) is 9.75 Å². The average Bonchev–Trinajstić information content (AvgIpc) is 2.99. The molecule has 2 N–H and O–H groups in total. The number of nitrogens with zero attached hydrogens (tertiary/aromatic N) is 1. The molecule has 0 saturated heterocycles. The molecule has 1 heterocycles. The van der Waals surface area contributed by atoms with Gasteiger partial charge in [-0.25, -0.2) is 8.42 Å². The number of rotatable bonds is 7. The third-order valence-electron chi connectivity index (χ3n) is 3.68. The van der Waals surface area contributed by atoms with Crippen LogP contribution in [0.5, 0.6) is 0 Å². The Morgan fingerprint density at radius 2 is 1.88 bits per heavy atom. The van der Waals surface area contributed by atoms with E-state index in [4.69, 9.17) is 0 Å². The van der Waals surface area contributed by atoms with Crippen LogP contribution in [-0.4, -0.2) is 39.8 Å². The van der Waals surface area contributed by atoms with Gasteiger partial charge < -0.3 is 10.6 Å². The standard InChI is InChI=1S/C18H25N3O2S2.HI/c1-14(13-16-10-9-15(2)24-16)21-18(19-3)20-11-12-25(22,23)17-7-5-4-6-8-17;/h4-10,14H,11-13H2,1-3H3,(H2,19,20,21);1H. The number of hydrogen-bond acceptors (Lipinski definition) is 4. The van der Waals surface area contributed by atoms with Crippen LogP contribution < -0.4 is 10.6 Å². The zero-order valence-corrected chi connectivity index (χ0v) is 19.2. The normalized spacial score (nSPS) is 13.0. The van der Waals surface area contributed by atoms with Crippen LogP contribution in [0.4, 0.5) is 0 Å². The van der Waals surface area contributed by atoms with Gasteiger partial charge in [0.05, 0.1) is 10.6 Å². The largest absolute Gasteiger partial charge is 0.355 e. The summed E-state index contributed by atoms with van der Waals surface area (Å²) in [6.07, 6.45) is 0.904. The maximum Gasteiger partial charge on any atom is 0.191 e. The lowest BCUT2D eigenvalue weighted by atomic mass is 10.2. The van der Waals surface area contributed by atoms with E-state index in [0.29, 0.717) is 17.4 Å². The molecular formula is C18H26IN3O2S2. The van der Waals surface area contributed by atoms with E-state index in [0.717, 1.165) is 6.42 Å². The van der Waals surface area contributed by atoms with Crippen LogP contribution in [0.2, 0.25) is 0 Å². The number of halogens is 1. The average molecular weight is 507 g/mol. The molecule has 1 aromatic heterocycles. The van der Waals surface area contributed by atoms with Gasteiger partial charge in [-0.1, -0.05) is 18.2 Å². The summed E-state index contributed by atoms with van der Waals surface area (Å²) in [6, 6.07) is 13.0. The molecule has 0 aliphatic heterocycles. The van der Waals surface area contributed by atoms with Crippen LogP contribution in [0, 0.1) is 6.92 Å². The molecule has 1 aromatic carbocycles. The maximum atomic E-state index is 12.3. The Balaban J connectivity index is 0.00000338. The third kappa shape index (κ3) is 7.24. The predicted octanol–water partition coefficient (Wildman–Crippen LogP) is 3.24. The third-order valence-corrected chi connectivity index (χ3v) is 6.43. The molecule has 0 fully saturated rings. The van der Waals surface area contributed by atoms with E-state index in [2.05, 4.69) is 41.6 Å². The van der Waals surface area contributed by atoms with Crippen LogP contribution in [-0.2, 0) is 16.3 Å². The number of thiophene rings is 1. The topological polar surface area (TPSA) is 70.6 Å². The number of aryl methyl sites for hydroxylation is 1. The Kier molecular flexibility index (Phi) is 9.59. The minimum atomic E-state index is -3.28. The van der Waals surface area contributed by atoms with Crippen molar-refractivity contribution in [3.8, 4) is 0 Å². The van der Waals surface area contributed by atoms with Gasteiger partial charge in [0.1, 0.15) is 0 Å². The van der Waals surface area contributed by atoms with Crippen molar-refractivity contribution in [1.82, 2.24) is 10.6 Å². The van der Waals surface area contributed by atoms with Crippen LogP contribution in [0.1, 0.15) is 16.7 Å². The van der Waals surface area contributed by atoms with E-state index in [1.54, 1.807) is 48.7 Å². The maximum absolute atomic E-state index is 12.3. The Labute approximate surface area is 177 Å². The van der Waals surface area contributed by atoms with E-state index in [1.807, 2.05) is 0 Å². The lowest BCUT2D eigenvalue weighted by Crippen LogP contribution is -2.44. The molecule has 0 aliphatic carbocycles. The van der Waals surface area contributed by atoms with E-state index >= 15 is 0 Å². The Bertz CT molecular complexity index is 805. The molecular weight excluding hydrogens is 481 g/mol. The highest BCUT2D eigenvalue weighted by molar-refractivity contribution is 14.0. The first-order chi connectivity index (χ1) is 11.9. The molecule has 1 unspecified atom stereocenters. The van der Waals surface area contributed by atoms with Crippen LogP contribution in [0.25, 0.3) is 0 Å². The Morgan fingerprint density at radius 3 is 2.46 bits per heavy atom. The van der Waals surface area contributed by atoms with E-state index < -0.39 is 9.84 Å². The molecule has 8 heteroatoms. The number of sulfone groups is 1. The highest BCUT2D eigenvalue weighted by Crippen LogP contribution is 2.16.